The average Bonchev–Trinajstić information content (AvgIpc) is 1.60. The standard InChI is InChI=1S/C66H76Cl2N12O10S2/c1-41-23-53(9-11-61(41)89-63-57-27-47(67)25-45(33-69)55(57)31-59(63)77(3)4)91(83,84)79-21-15-43(37-79)39-87-51-13-19-71-49(29-51)35-75-65(81)73-17-7-8-18-74-66(82)76-36-50-30-52(14-20-72-50)88-40-44-16-22-80(38-44)92(85,86)54-10-12-62(42(2)24-54)90-64-58-28-48(68)26-46(34-70)56(58)32-60(64)78(5)6/h9-14,19-20,23-30,43-44,59-60,63-64H,7-8,15-18,21-22,31-32,35-40H2,1-6H3,(H2,73,75,81)(H2,74,76,82)/t43-,44-,59+,60+,63+,64+/m1/s1. The summed E-state index contributed by atoms with van der Waals surface area (Å²) < 4.78 is 84.0. The Morgan fingerprint density at radius 3 is 1.39 bits per heavy atom. The summed E-state index contributed by atoms with van der Waals surface area (Å²) in [6.45, 7) is 6.55. The molecule has 6 aromatic rings. The highest BCUT2D eigenvalue weighted by Crippen LogP contribution is 2.44. The van der Waals surface area contributed by atoms with Gasteiger partial charge in [-0.25, -0.2) is 26.4 Å². The number of carbonyl (C=O) groups excluding carboxylic acids is 2. The van der Waals surface area contributed by atoms with E-state index in [1.165, 1.54) is 8.61 Å². The third kappa shape index (κ3) is 15.8. The smallest absolute Gasteiger partial charge is 0.315 e. The number of urea groups is 2. The van der Waals surface area contributed by atoms with E-state index in [-0.39, 0.29) is 58.9 Å². The van der Waals surface area contributed by atoms with Gasteiger partial charge in [0.25, 0.3) is 0 Å². The summed E-state index contributed by atoms with van der Waals surface area (Å²) in [6.07, 6.45) is 6.06. The number of nitrogens with one attached hydrogen (secondary N) is 4. The number of likely N-dealkylation sites (N-methyl/N-ethyl adjacent to an activating group) is 2. The molecule has 2 fully saturated rings. The van der Waals surface area contributed by atoms with Gasteiger partial charge in [0, 0.05) is 85.7 Å². The number of nitriles is 2. The molecule has 4 heterocycles. The summed E-state index contributed by atoms with van der Waals surface area (Å²) in [5.74, 6) is 2.09. The molecule has 10 rings (SSSR count). The van der Waals surface area contributed by atoms with Gasteiger partial charge in [-0.1, -0.05) is 23.2 Å². The number of unbranched alkanes of at least 4 members (excludes halogenated alkanes) is 1. The molecule has 4 amide bonds. The monoisotopic (exact) mass is 1330 g/mol. The van der Waals surface area contributed by atoms with Gasteiger partial charge in [-0.15, -0.1) is 0 Å². The molecule has 0 saturated carbocycles. The molecule has 0 spiro atoms. The largest absolute Gasteiger partial charge is 0.493 e. The van der Waals surface area contributed by atoms with Crippen molar-refractivity contribution in [1.82, 2.24) is 49.6 Å². The van der Waals surface area contributed by atoms with E-state index in [2.05, 4.69) is 53.2 Å². The SMILES string of the molecule is Cc1cc(S(=O)(=O)N2CC[C@@H](COc3ccnc(CNC(=O)NCCCCNC(=O)NCc4cc(OC[C@@H]5CCN(S(=O)(=O)c6ccc(O[C@H]7c8cc(Cl)cc(C#N)c8C[C@@H]7N(C)C)c(C)c6)C5)ccn4)c3)C2)ccc1O[C@H]1c2cc(Cl)cc(C#N)c2C[C@@H]1N(C)C. The van der Waals surface area contributed by atoms with Gasteiger partial charge in [-0.3, -0.25) is 9.97 Å². The average molecular weight is 1330 g/mol. The van der Waals surface area contributed by atoms with Gasteiger partial charge in [-0.05, 0) is 187 Å². The van der Waals surface area contributed by atoms with Gasteiger partial charge in [0.1, 0.15) is 35.2 Å². The van der Waals surface area contributed by atoms with Crippen molar-refractivity contribution >= 4 is 55.3 Å². The lowest BCUT2D eigenvalue weighted by Crippen LogP contribution is -2.37. The van der Waals surface area contributed by atoms with Crippen LogP contribution in [0.5, 0.6) is 23.0 Å². The van der Waals surface area contributed by atoms with Crippen LogP contribution >= 0.6 is 23.2 Å². The lowest BCUT2D eigenvalue weighted by Gasteiger charge is -2.28. The summed E-state index contributed by atoms with van der Waals surface area (Å²) in [5, 5.41) is 31.7. The number of halogens is 2. The van der Waals surface area contributed by atoms with E-state index in [0.717, 1.165) is 22.3 Å². The van der Waals surface area contributed by atoms with Crippen molar-refractivity contribution in [3.63, 3.8) is 0 Å². The molecule has 0 bridgehead atoms. The second-order valence-electron chi connectivity index (χ2n) is 24.2. The number of hydrogen-bond acceptors (Lipinski definition) is 16. The fourth-order valence-corrected chi connectivity index (χ4v) is 15.9. The van der Waals surface area contributed by atoms with Crippen LogP contribution in [0, 0.1) is 48.3 Å². The van der Waals surface area contributed by atoms with E-state index in [9.17, 15) is 36.9 Å². The zero-order valence-electron chi connectivity index (χ0n) is 52.2. The quantitative estimate of drug-likeness (QED) is 0.0391. The summed E-state index contributed by atoms with van der Waals surface area (Å²) >= 11 is 12.8. The molecule has 2 aliphatic heterocycles. The number of ether oxygens (including phenoxy) is 4. The Balaban J connectivity index is 0.586. The first-order valence-corrected chi connectivity index (χ1v) is 34.2. The molecule has 4 aliphatic rings. The van der Waals surface area contributed by atoms with E-state index in [4.69, 9.17) is 42.1 Å². The topological polar surface area (TPSA) is 274 Å². The van der Waals surface area contributed by atoms with Gasteiger partial charge in [0.05, 0.1) is 82.8 Å². The highest BCUT2D eigenvalue weighted by atomic mass is 35.5. The first-order chi connectivity index (χ1) is 44.1. The zero-order chi connectivity index (χ0) is 65.4. The minimum atomic E-state index is -3.82. The van der Waals surface area contributed by atoms with Crippen LogP contribution in [-0.2, 0) is 46.0 Å². The zero-order valence-corrected chi connectivity index (χ0v) is 55.4. The third-order valence-corrected chi connectivity index (χ3v) is 21.5. The van der Waals surface area contributed by atoms with Gasteiger partial charge >= 0.3 is 12.1 Å². The molecule has 0 unspecified atom stereocenters. The maximum Gasteiger partial charge on any atom is 0.315 e. The second kappa shape index (κ2) is 29.4. The van der Waals surface area contributed by atoms with E-state index >= 15 is 0 Å². The van der Waals surface area contributed by atoms with Crippen LogP contribution < -0.4 is 40.2 Å². The molecule has 4 N–H and O–H groups in total. The number of aromatic nitrogens is 2. The Kier molecular flexibility index (Phi) is 21.5. The van der Waals surface area contributed by atoms with E-state index in [1.807, 2.05) is 54.2 Å². The Hall–Kier alpha value is -7.78. The van der Waals surface area contributed by atoms with Gasteiger partial charge < -0.3 is 50.0 Å². The van der Waals surface area contributed by atoms with Crippen molar-refractivity contribution in [3.05, 3.63) is 163 Å². The lowest BCUT2D eigenvalue weighted by molar-refractivity contribution is 0.110. The van der Waals surface area contributed by atoms with E-state index in [1.54, 1.807) is 85.2 Å². The molecule has 2 aliphatic carbocycles. The van der Waals surface area contributed by atoms with Crippen molar-refractivity contribution in [3.8, 4) is 35.1 Å². The summed E-state index contributed by atoms with van der Waals surface area (Å²) in [4.78, 5) is 38.5. The van der Waals surface area contributed by atoms with Crippen LogP contribution in [0.1, 0.15) is 93.8 Å². The Labute approximate surface area is 548 Å². The first kappa shape index (κ1) is 67.1. The molecule has 4 aromatic carbocycles. The molecule has 486 valence electrons. The maximum absolute atomic E-state index is 13.9. The molecule has 2 saturated heterocycles. The third-order valence-electron chi connectivity index (χ3n) is 17.4. The van der Waals surface area contributed by atoms with Gasteiger partial charge in [0.15, 0.2) is 0 Å². The van der Waals surface area contributed by atoms with E-state index < -0.39 is 32.3 Å². The van der Waals surface area contributed by atoms with E-state index in [0.29, 0.717) is 158 Å². The molecule has 2 aromatic heterocycles. The van der Waals surface area contributed by atoms with Crippen molar-refractivity contribution in [1.29, 1.82) is 10.5 Å². The number of aryl methyl sites for hydroxylation is 2. The Bertz CT molecular complexity index is 3780. The molecular weight excluding hydrogens is 1260 g/mol. The van der Waals surface area contributed by atoms with Gasteiger partial charge in [-0.2, -0.15) is 19.1 Å². The van der Waals surface area contributed by atoms with Crippen molar-refractivity contribution in [2.24, 2.45) is 11.8 Å². The number of pyridine rings is 2. The summed E-state index contributed by atoms with van der Waals surface area (Å²) in [5.41, 5.74) is 7.06. The summed E-state index contributed by atoms with van der Waals surface area (Å²) in [6, 6.07) is 27.4. The van der Waals surface area contributed by atoms with Crippen LogP contribution in [0.15, 0.2) is 107 Å². The predicted molar refractivity (Wildman–Crippen MR) is 347 cm³/mol. The minimum absolute atomic E-state index is 0.0491. The number of rotatable bonds is 25. The van der Waals surface area contributed by atoms with Crippen LogP contribution in [0.4, 0.5) is 9.59 Å². The number of amides is 4. The Morgan fingerprint density at radius 2 is 1.01 bits per heavy atom. The predicted octanol–water partition coefficient (Wildman–Crippen LogP) is 8.61. The number of nitrogens with zero attached hydrogens (tertiary/aromatic N) is 8. The molecule has 0 radical (unpaired) electrons. The summed E-state index contributed by atoms with van der Waals surface area (Å²) in [7, 11) is 0.215. The second-order valence-corrected chi connectivity index (χ2v) is 29.0. The number of hydrogen-bond donors (Lipinski definition) is 4. The molecule has 92 heavy (non-hydrogen) atoms. The number of carbonyl (C=O) groups is 2. The van der Waals surface area contributed by atoms with Crippen molar-refractivity contribution in [2.45, 2.75) is 99.5 Å². The molecule has 26 heteroatoms. The lowest BCUT2D eigenvalue weighted by atomic mass is 10.0. The van der Waals surface area contributed by atoms with Crippen LogP contribution in [0.2, 0.25) is 10.0 Å². The fraction of sp³-hybridized carbons (Fsp3) is 0.424. The molecular formula is C66H76Cl2N12O10S2. The fourth-order valence-electron chi connectivity index (χ4n) is 12.3. The van der Waals surface area contributed by atoms with Crippen LogP contribution in [0.3, 0.4) is 0 Å². The molecule has 6 atom stereocenters. The van der Waals surface area contributed by atoms with Crippen molar-refractivity contribution in [2.75, 3.05) is 80.7 Å². The Morgan fingerprint density at radius 1 is 0.598 bits per heavy atom. The van der Waals surface area contributed by atoms with Crippen LogP contribution in [0.25, 0.3) is 0 Å². The van der Waals surface area contributed by atoms with Crippen LogP contribution in [-0.4, -0.2) is 150 Å². The number of sulfonamides is 2. The minimum Gasteiger partial charge on any atom is -0.493 e. The molecule has 22 nitrogen and oxygen atoms in total. The number of fused-ring (bicyclic) bond motifs is 2. The first-order valence-electron chi connectivity index (χ1n) is 30.6. The highest BCUT2D eigenvalue weighted by molar-refractivity contribution is 7.89. The van der Waals surface area contributed by atoms with Crippen molar-refractivity contribution < 1.29 is 45.4 Å². The highest BCUT2D eigenvalue weighted by Gasteiger charge is 2.41. The van der Waals surface area contributed by atoms with Gasteiger partial charge in [0.2, 0.25) is 20.0 Å². The maximum atomic E-state index is 13.9. The normalized spacial score (nSPS) is 19.7. The number of benzene rings is 4.